The van der Waals surface area contributed by atoms with Crippen LogP contribution in [0.15, 0.2) is 36.4 Å². The van der Waals surface area contributed by atoms with Crippen molar-refractivity contribution in [3.05, 3.63) is 57.6 Å². The summed E-state index contributed by atoms with van der Waals surface area (Å²) in [5, 5.41) is 1.07. The number of methoxy groups -OCH3 is 1. The van der Waals surface area contributed by atoms with Crippen molar-refractivity contribution in [3.8, 4) is 11.5 Å². The van der Waals surface area contributed by atoms with E-state index in [4.69, 9.17) is 32.7 Å². The molecule has 3 rings (SSSR count). The van der Waals surface area contributed by atoms with Gasteiger partial charge in [-0.3, -0.25) is 4.79 Å². The summed E-state index contributed by atoms with van der Waals surface area (Å²) in [6, 6.07) is 10.4. The number of benzene rings is 2. The van der Waals surface area contributed by atoms with E-state index in [1.165, 1.54) is 0 Å². The Morgan fingerprint density at radius 1 is 1.19 bits per heavy atom. The first kappa shape index (κ1) is 14.2. The van der Waals surface area contributed by atoms with E-state index in [1.54, 1.807) is 43.5 Å². The number of ketones is 1. The van der Waals surface area contributed by atoms with Crippen LogP contribution in [0, 0.1) is 0 Å². The maximum absolute atomic E-state index is 12.4. The highest BCUT2D eigenvalue weighted by Crippen LogP contribution is 2.35. The van der Waals surface area contributed by atoms with Crippen molar-refractivity contribution in [1.82, 2.24) is 0 Å². The molecule has 0 radical (unpaired) electrons. The van der Waals surface area contributed by atoms with Gasteiger partial charge in [0.15, 0.2) is 6.10 Å². The zero-order valence-corrected chi connectivity index (χ0v) is 12.7. The zero-order valence-electron chi connectivity index (χ0n) is 11.2. The lowest BCUT2D eigenvalue weighted by Gasteiger charge is -2.12. The molecular weight excluding hydrogens is 311 g/mol. The van der Waals surface area contributed by atoms with Crippen LogP contribution < -0.4 is 9.47 Å². The Morgan fingerprint density at radius 3 is 2.57 bits per heavy atom. The predicted octanol–water partition coefficient (Wildman–Crippen LogP) is 4.19. The Hall–Kier alpha value is -1.71. The molecule has 0 amide bonds. The molecule has 0 spiro atoms. The molecule has 1 unspecified atom stereocenters. The standard InChI is InChI=1S/C16H12Cl2O3/c1-20-9-5-6-14-11(7-9)16(19)15(21-14)8-10-12(17)3-2-4-13(10)18/h2-7,15H,8H2,1H3. The molecule has 0 fully saturated rings. The van der Waals surface area contributed by atoms with Crippen molar-refractivity contribution < 1.29 is 14.3 Å². The topological polar surface area (TPSA) is 35.5 Å². The van der Waals surface area contributed by atoms with Crippen LogP contribution in [-0.2, 0) is 6.42 Å². The maximum Gasteiger partial charge on any atom is 0.207 e. The summed E-state index contributed by atoms with van der Waals surface area (Å²) in [5.41, 5.74) is 1.25. The maximum atomic E-state index is 12.4. The van der Waals surface area contributed by atoms with E-state index < -0.39 is 6.10 Å². The van der Waals surface area contributed by atoms with Crippen molar-refractivity contribution in [2.24, 2.45) is 0 Å². The minimum absolute atomic E-state index is 0.0834. The lowest BCUT2D eigenvalue weighted by atomic mass is 10.0. The number of hydrogen-bond acceptors (Lipinski definition) is 3. The molecule has 1 atom stereocenters. The number of carbonyl (C=O) groups excluding carboxylic acids is 1. The van der Waals surface area contributed by atoms with Crippen molar-refractivity contribution in [1.29, 1.82) is 0 Å². The second-order valence-electron chi connectivity index (χ2n) is 4.74. The summed E-state index contributed by atoms with van der Waals surface area (Å²) in [5.74, 6) is 1.11. The highest BCUT2D eigenvalue weighted by Gasteiger charge is 2.33. The predicted molar refractivity (Wildman–Crippen MR) is 81.9 cm³/mol. The molecule has 108 valence electrons. The minimum atomic E-state index is -0.607. The lowest BCUT2D eigenvalue weighted by molar-refractivity contribution is 0.0858. The van der Waals surface area contributed by atoms with Gasteiger partial charge in [-0.05, 0) is 35.9 Å². The van der Waals surface area contributed by atoms with E-state index in [0.29, 0.717) is 33.5 Å². The van der Waals surface area contributed by atoms with E-state index in [-0.39, 0.29) is 5.78 Å². The van der Waals surface area contributed by atoms with Crippen LogP contribution >= 0.6 is 23.2 Å². The van der Waals surface area contributed by atoms with Crippen molar-refractivity contribution in [2.45, 2.75) is 12.5 Å². The summed E-state index contributed by atoms with van der Waals surface area (Å²) in [6.45, 7) is 0. The first-order valence-corrected chi connectivity index (χ1v) is 7.17. The Labute approximate surface area is 132 Å². The Morgan fingerprint density at radius 2 is 1.90 bits per heavy atom. The van der Waals surface area contributed by atoms with Gasteiger partial charge in [0, 0.05) is 16.5 Å². The second kappa shape index (κ2) is 5.58. The van der Waals surface area contributed by atoms with Crippen LogP contribution in [0.5, 0.6) is 11.5 Å². The molecule has 0 saturated heterocycles. The van der Waals surface area contributed by atoms with Crippen molar-refractivity contribution in [2.75, 3.05) is 7.11 Å². The monoisotopic (exact) mass is 322 g/mol. The fraction of sp³-hybridized carbons (Fsp3) is 0.188. The molecule has 0 saturated carbocycles. The average molecular weight is 323 g/mol. The van der Waals surface area contributed by atoms with Crippen molar-refractivity contribution in [3.63, 3.8) is 0 Å². The summed E-state index contributed by atoms with van der Waals surface area (Å²) in [4.78, 5) is 12.4. The largest absolute Gasteiger partial charge is 0.497 e. The van der Waals surface area contributed by atoms with Crippen LogP contribution in [-0.4, -0.2) is 19.0 Å². The molecule has 0 aliphatic carbocycles. The quantitative estimate of drug-likeness (QED) is 0.850. The van der Waals surface area contributed by atoms with Gasteiger partial charge in [-0.2, -0.15) is 0 Å². The molecule has 3 nitrogen and oxygen atoms in total. The molecule has 0 aromatic heterocycles. The molecule has 5 heteroatoms. The molecular formula is C16H12Cl2O3. The lowest BCUT2D eigenvalue weighted by Crippen LogP contribution is -2.23. The third-order valence-corrected chi connectivity index (χ3v) is 4.17. The van der Waals surface area contributed by atoms with Gasteiger partial charge in [0.05, 0.1) is 12.7 Å². The zero-order chi connectivity index (χ0) is 15.0. The molecule has 1 aliphatic rings. The summed E-state index contributed by atoms with van der Waals surface area (Å²) in [7, 11) is 1.56. The normalized spacial score (nSPS) is 16.5. The average Bonchev–Trinajstić information content (AvgIpc) is 2.79. The Kier molecular flexibility index (Phi) is 3.79. The molecule has 2 aromatic rings. The smallest absolute Gasteiger partial charge is 0.207 e. The molecule has 1 aliphatic heterocycles. The van der Waals surface area contributed by atoms with Crippen LogP contribution in [0.3, 0.4) is 0 Å². The molecule has 21 heavy (non-hydrogen) atoms. The minimum Gasteiger partial charge on any atom is -0.497 e. The van der Waals surface area contributed by atoms with Gasteiger partial charge in [0.25, 0.3) is 0 Å². The number of Topliss-reactive ketones (excluding diaryl/α,β-unsaturated/α-hetero) is 1. The fourth-order valence-electron chi connectivity index (χ4n) is 2.36. The number of hydrogen-bond donors (Lipinski definition) is 0. The van der Waals surface area contributed by atoms with Gasteiger partial charge in [-0.25, -0.2) is 0 Å². The first-order chi connectivity index (χ1) is 10.1. The number of carbonyl (C=O) groups is 1. The number of fused-ring (bicyclic) bond motifs is 1. The first-order valence-electron chi connectivity index (χ1n) is 6.42. The molecule has 0 N–H and O–H groups in total. The van der Waals surface area contributed by atoms with Gasteiger partial charge in [-0.15, -0.1) is 0 Å². The number of halogens is 2. The molecule has 0 bridgehead atoms. The molecule has 2 aromatic carbocycles. The van der Waals surface area contributed by atoms with Crippen LogP contribution in [0.2, 0.25) is 10.0 Å². The summed E-state index contributed by atoms with van der Waals surface area (Å²) < 4.78 is 10.8. The van der Waals surface area contributed by atoms with Gasteiger partial charge >= 0.3 is 0 Å². The molecule has 1 heterocycles. The fourth-order valence-corrected chi connectivity index (χ4v) is 2.91. The highest BCUT2D eigenvalue weighted by molar-refractivity contribution is 6.36. The number of ether oxygens (including phenoxy) is 2. The summed E-state index contributed by atoms with van der Waals surface area (Å²) >= 11 is 12.3. The van der Waals surface area contributed by atoms with Gasteiger partial charge < -0.3 is 9.47 Å². The van der Waals surface area contributed by atoms with Gasteiger partial charge in [-0.1, -0.05) is 29.3 Å². The second-order valence-corrected chi connectivity index (χ2v) is 5.55. The van der Waals surface area contributed by atoms with E-state index in [0.717, 1.165) is 5.56 Å². The van der Waals surface area contributed by atoms with Crippen LogP contribution in [0.1, 0.15) is 15.9 Å². The van der Waals surface area contributed by atoms with E-state index in [2.05, 4.69) is 0 Å². The number of rotatable bonds is 3. The van der Waals surface area contributed by atoms with E-state index in [9.17, 15) is 4.79 Å². The highest BCUT2D eigenvalue weighted by atomic mass is 35.5. The SMILES string of the molecule is COc1ccc2c(c1)C(=O)C(Cc1c(Cl)cccc1Cl)O2. The van der Waals surface area contributed by atoms with Gasteiger partial charge in [0.1, 0.15) is 11.5 Å². The van der Waals surface area contributed by atoms with Crippen LogP contribution in [0.4, 0.5) is 0 Å². The van der Waals surface area contributed by atoms with Crippen LogP contribution in [0.25, 0.3) is 0 Å². The van der Waals surface area contributed by atoms with E-state index in [1.807, 2.05) is 0 Å². The van der Waals surface area contributed by atoms with E-state index >= 15 is 0 Å². The Balaban J connectivity index is 1.88. The van der Waals surface area contributed by atoms with Gasteiger partial charge in [0.2, 0.25) is 5.78 Å². The summed E-state index contributed by atoms with van der Waals surface area (Å²) in [6.07, 6.45) is -0.265. The third kappa shape index (κ3) is 2.59. The Bertz CT molecular complexity index is 692. The van der Waals surface area contributed by atoms with Crippen molar-refractivity contribution >= 4 is 29.0 Å². The third-order valence-electron chi connectivity index (χ3n) is 3.47.